The van der Waals surface area contributed by atoms with Gasteiger partial charge in [-0.05, 0) is 42.3 Å². The lowest BCUT2D eigenvalue weighted by Gasteiger charge is -2.14. The van der Waals surface area contributed by atoms with E-state index in [1.54, 1.807) is 30.1 Å². The van der Waals surface area contributed by atoms with Gasteiger partial charge in [-0.25, -0.2) is 0 Å². The Kier molecular flexibility index (Phi) is 6.34. The van der Waals surface area contributed by atoms with Gasteiger partial charge >= 0.3 is 0 Å². The van der Waals surface area contributed by atoms with Crippen molar-refractivity contribution in [3.8, 4) is 17.0 Å². The quantitative estimate of drug-likeness (QED) is 0.632. The molecule has 0 aliphatic carbocycles. The number of nitrogens with two attached hydrogens (primary N) is 1. The Morgan fingerprint density at radius 1 is 1.25 bits per heavy atom. The molecule has 0 bridgehead atoms. The van der Waals surface area contributed by atoms with Crippen LogP contribution in [0, 0.1) is 0 Å². The van der Waals surface area contributed by atoms with E-state index in [2.05, 4.69) is 17.3 Å². The van der Waals surface area contributed by atoms with E-state index in [1.807, 2.05) is 30.3 Å². The van der Waals surface area contributed by atoms with Crippen LogP contribution in [-0.2, 0) is 13.5 Å². The highest BCUT2D eigenvalue weighted by molar-refractivity contribution is 6.33. The maximum atomic E-state index is 12.6. The van der Waals surface area contributed by atoms with Crippen molar-refractivity contribution in [3.63, 3.8) is 0 Å². The molecule has 0 unspecified atom stereocenters. The number of anilines is 1. The average molecular weight is 399 g/mol. The van der Waals surface area contributed by atoms with Crippen LogP contribution in [0.5, 0.6) is 5.75 Å². The molecule has 0 saturated carbocycles. The number of hydrogen-bond donors (Lipinski definition) is 2. The van der Waals surface area contributed by atoms with Crippen LogP contribution in [0.2, 0.25) is 5.02 Å². The van der Waals surface area contributed by atoms with Gasteiger partial charge in [0.05, 0.1) is 16.9 Å². The topological polar surface area (TPSA) is 82.2 Å². The summed E-state index contributed by atoms with van der Waals surface area (Å²) >= 11 is 6.32. The second-order valence-electron chi connectivity index (χ2n) is 6.32. The van der Waals surface area contributed by atoms with E-state index in [1.165, 1.54) is 5.56 Å². The zero-order valence-electron chi connectivity index (χ0n) is 15.9. The smallest absolute Gasteiger partial charge is 0.255 e. The number of hydrogen-bond acceptors (Lipinski definition) is 4. The number of carbonyl (C=O) groups is 1. The predicted molar refractivity (Wildman–Crippen MR) is 112 cm³/mol. The average Bonchev–Trinajstić information content (AvgIpc) is 3.05. The lowest BCUT2D eigenvalue weighted by Crippen LogP contribution is -2.13. The first kappa shape index (κ1) is 19.9. The van der Waals surface area contributed by atoms with Gasteiger partial charge < -0.3 is 15.8 Å². The van der Waals surface area contributed by atoms with Crippen molar-refractivity contribution in [2.45, 2.75) is 13.3 Å². The molecule has 3 N–H and O–H groups in total. The highest BCUT2D eigenvalue weighted by Crippen LogP contribution is 2.36. The Morgan fingerprint density at radius 3 is 2.61 bits per heavy atom. The molecule has 7 heteroatoms. The van der Waals surface area contributed by atoms with Crippen molar-refractivity contribution in [3.05, 3.63) is 64.8 Å². The SMILES string of the molecule is CCc1ccc(C(=O)Nc2ccc(OCCN)c(-c3c(Cl)cnn3C)c2)cc1. The number of ether oxygens (including phenoxy) is 1. The van der Waals surface area contributed by atoms with Crippen molar-refractivity contribution < 1.29 is 9.53 Å². The third-order valence-corrected chi connectivity index (χ3v) is 4.66. The minimum atomic E-state index is -0.180. The van der Waals surface area contributed by atoms with Gasteiger partial charge in [0.15, 0.2) is 0 Å². The number of aryl methyl sites for hydroxylation is 2. The van der Waals surface area contributed by atoms with Crippen LogP contribution >= 0.6 is 11.6 Å². The molecule has 1 aromatic heterocycles. The number of nitrogens with zero attached hydrogens (tertiary/aromatic N) is 2. The molecule has 28 heavy (non-hydrogen) atoms. The number of nitrogens with one attached hydrogen (secondary N) is 1. The van der Waals surface area contributed by atoms with E-state index in [0.717, 1.165) is 12.0 Å². The monoisotopic (exact) mass is 398 g/mol. The van der Waals surface area contributed by atoms with Gasteiger partial charge in [0, 0.05) is 30.4 Å². The van der Waals surface area contributed by atoms with E-state index in [-0.39, 0.29) is 5.91 Å². The molecule has 0 aliphatic rings. The van der Waals surface area contributed by atoms with Crippen molar-refractivity contribution in [1.29, 1.82) is 0 Å². The molecule has 0 saturated heterocycles. The molecular formula is C21H23ClN4O2. The number of halogens is 1. The molecule has 2 aromatic carbocycles. The predicted octanol–water partition coefficient (Wildman–Crippen LogP) is 3.89. The maximum Gasteiger partial charge on any atom is 0.255 e. The van der Waals surface area contributed by atoms with Crippen molar-refractivity contribution in [2.75, 3.05) is 18.5 Å². The van der Waals surface area contributed by atoms with Crippen molar-refractivity contribution in [1.82, 2.24) is 9.78 Å². The molecule has 0 atom stereocenters. The summed E-state index contributed by atoms with van der Waals surface area (Å²) in [5, 5.41) is 7.61. The van der Waals surface area contributed by atoms with Gasteiger partial charge in [-0.2, -0.15) is 5.10 Å². The van der Waals surface area contributed by atoms with E-state index < -0.39 is 0 Å². The summed E-state index contributed by atoms with van der Waals surface area (Å²) in [7, 11) is 1.80. The zero-order chi connectivity index (χ0) is 20.1. The van der Waals surface area contributed by atoms with Crippen LogP contribution in [0.4, 0.5) is 5.69 Å². The standard InChI is InChI=1S/C21H23ClN4O2/c1-3-14-4-6-15(7-5-14)21(27)25-16-8-9-19(28-11-10-23)17(12-16)20-18(22)13-24-26(20)2/h4-9,12-13H,3,10-11,23H2,1-2H3,(H,25,27). The lowest BCUT2D eigenvalue weighted by molar-refractivity contribution is 0.102. The minimum absolute atomic E-state index is 0.180. The van der Waals surface area contributed by atoms with Gasteiger partial charge in [0.2, 0.25) is 0 Å². The van der Waals surface area contributed by atoms with Crippen LogP contribution in [-0.4, -0.2) is 28.8 Å². The molecule has 0 radical (unpaired) electrons. The Morgan fingerprint density at radius 2 is 2.00 bits per heavy atom. The van der Waals surface area contributed by atoms with Gasteiger partial charge in [-0.3, -0.25) is 9.48 Å². The van der Waals surface area contributed by atoms with Crippen LogP contribution < -0.4 is 15.8 Å². The third-order valence-electron chi connectivity index (χ3n) is 4.39. The second-order valence-corrected chi connectivity index (χ2v) is 6.72. The van der Waals surface area contributed by atoms with E-state index >= 15 is 0 Å². The fourth-order valence-corrected chi connectivity index (χ4v) is 3.16. The Hall–Kier alpha value is -2.83. The summed E-state index contributed by atoms with van der Waals surface area (Å²) in [6, 6.07) is 13.0. The number of rotatable bonds is 7. The fraction of sp³-hybridized carbons (Fsp3) is 0.238. The Labute approximate surface area is 169 Å². The number of carbonyl (C=O) groups excluding carboxylic acids is 1. The molecule has 1 amide bonds. The van der Waals surface area contributed by atoms with Crippen LogP contribution in [0.25, 0.3) is 11.3 Å². The number of aromatic nitrogens is 2. The first-order valence-electron chi connectivity index (χ1n) is 9.08. The molecule has 1 heterocycles. The van der Waals surface area contributed by atoms with Gasteiger partial charge in [0.25, 0.3) is 5.91 Å². The Bertz CT molecular complexity index is 948. The molecule has 3 rings (SSSR count). The van der Waals surface area contributed by atoms with Crippen LogP contribution in [0.15, 0.2) is 48.7 Å². The number of amides is 1. The summed E-state index contributed by atoms with van der Waals surface area (Å²) in [5.41, 5.74) is 9.42. The lowest BCUT2D eigenvalue weighted by atomic mass is 10.1. The van der Waals surface area contributed by atoms with E-state index in [9.17, 15) is 4.79 Å². The summed E-state index contributed by atoms with van der Waals surface area (Å²) < 4.78 is 7.42. The maximum absolute atomic E-state index is 12.6. The summed E-state index contributed by atoms with van der Waals surface area (Å²) in [6.07, 6.45) is 2.51. The molecule has 6 nitrogen and oxygen atoms in total. The van der Waals surface area contributed by atoms with Gasteiger partial charge in [-0.1, -0.05) is 30.7 Å². The largest absolute Gasteiger partial charge is 0.492 e. The summed E-state index contributed by atoms with van der Waals surface area (Å²) in [6.45, 7) is 2.84. The highest BCUT2D eigenvalue weighted by Gasteiger charge is 2.16. The molecule has 0 spiro atoms. The molecular weight excluding hydrogens is 376 g/mol. The van der Waals surface area contributed by atoms with E-state index in [0.29, 0.717) is 40.9 Å². The Balaban J connectivity index is 1.91. The van der Waals surface area contributed by atoms with E-state index in [4.69, 9.17) is 22.1 Å². The first-order valence-corrected chi connectivity index (χ1v) is 9.46. The van der Waals surface area contributed by atoms with Crippen LogP contribution in [0.3, 0.4) is 0 Å². The van der Waals surface area contributed by atoms with Crippen molar-refractivity contribution >= 4 is 23.2 Å². The van der Waals surface area contributed by atoms with Gasteiger partial charge in [0.1, 0.15) is 12.4 Å². The second kappa shape index (κ2) is 8.91. The van der Waals surface area contributed by atoms with Gasteiger partial charge in [-0.15, -0.1) is 0 Å². The van der Waals surface area contributed by atoms with Crippen LogP contribution in [0.1, 0.15) is 22.8 Å². The molecule has 3 aromatic rings. The molecule has 0 fully saturated rings. The molecule has 0 aliphatic heterocycles. The first-order chi connectivity index (χ1) is 13.5. The molecule has 146 valence electrons. The normalized spacial score (nSPS) is 10.7. The fourth-order valence-electron chi connectivity index (χ4n) is 2.90. The highest BCUT2D eigenvalue weighted by atomic mass is 35.5. The number of benzene rings is 2. The zero-order valence-corrected chi connectivity index (χ0v) is 16.7. The third kappa shape index (κ3) is 4.35. The summed E-state index contributed by atoms with van der Waals surface area (Å²) in [4.78, 5) is 12.6. The summed E-state index contributed by atoms with van der Waals surface area (Å²) in [5.74, 6) is 0.446. The van der Waals surface area contributed by atoms with Crippen molar-refractivity contribution in [2.24, 2.45) is 12.8 Å². The minimum Gasteiger partial charge on any atom is -0.492 e.